The molecule has 1 aromatic rings. The minimum atomic E-state index is 0.159. The highest BCUT2D eigenvalue weighted by molar-refractivity contribution is 5.59. The highest BCUT2D eigenvalue weighted by Crippen LogP contribution is 2.32. The lowest BCUT2D eigenvalue weighted by Gasteiger charge is -2.31. The van der Waals surface area contributed by atoms with Gasteiger partial charge in [0, 0.05) is 12.6 Å². The van der Waals surface area contributed by atoms with Crippen LogP contribution in [0.3, 0.4) is 0 Å². The minimum absolute atomic E-state index is 0.159. The minimum Gasteiger partial charge on any atom is -0.495 e. The second-order valence-electron chi connectivity index (χ2n) is 6.91. The second kappa shape index (κ2) is 6.04. The lowest BCUT2D eigenvalue weighted by molar-refractivity contribution is 0.260. The molecule has 1 N–H and O–H groups in total. The van der Waals surface area contributed by atoms with Gasteiger partial charge in [-0.15, -0.1) is 0 Å². The zero-order valence-electron chi connectivity index (χ0n) is 13.5. The molecule has 1 heterocycles. The van der Waals surface area contributed by atoms with Crippen LogP contribution in [-0.4, -0.2) is 38.2 Å². The van der Waals surface area contributed by atoms with Gasteiger partial charge in [-0.1, -0.05) is 26.8 Å². The molecule has 1 atom stereocenters. The Bertz CT molecular complexity index is 451. The first-order chi connectivity index (χ1) is 9.40. The van der Waals surface area contributed by atoms with Gasteiger partial charge in [0.1, 0.15) is 5.75 Å². The van der Waals surface area contributed by atoms with E-state index >= 15 is 0 Å². The third-order valence-corrected chi connectivity index (χ3v) is 4.05. The first kappa shape index (κ1) is 15.2. The Morgan fingerprint density at radius 1 is 1.30 bits per heavy atom. The maximum atomic E-state index is 5.51. The van der Waals surface area contributed by atoms with E-state index in [1.807, 2.05) is 0 Å². The van der Waals surface area contributed by atoms with E-state index in [0.29, 0.717) is 6.04 Å². The fraction of sp³-hybridized carbons (Fsp3) is 0.647. The van der Waals surface area contributed by atoms with Crippen LogP contribution >= 0.6 is 0 Å². The molecule has 0 spiro atoms. The summed E-state index contributed by atoms with van der Waals surface area (Å²) < 4.78 is 5.51. The quantitative estimate of drug-likeness (QED) is 0.914. The monoisotopic (exact) mass is 276 g/mol. The van der Waals surface area contributed by atoms with Crippen LogP contribution in [0.4, 0.5) is 5.69 Å². The van der Waals surface area contributed by atoms with E-state index in [4.69, 9.17) is 4.74 Å². The van der Waals surface area contributed by atoms with E-state index in [1.165, 1.54) is 24.9 Å². The van der Waals surface area contributed by atoms with E-state index in [0.717, 1.165) is 18.0 Å². The third kappa shape index (κ3) is 3.66. The zero-order chi connectivity index (χ0) is 14.8. The van der Waals surface area contributed by atoms with Crippen LogP contribution in [0.2, 0.25) is 0 Å². The first-order valence-electron chi connectivity index (χ1n) is 7.54. The van der Waals surface area contributed by atoms with Gasteiger partial charge in [0.25, 0.3) is 0 Å². The van der Waals surface area contributed by atoms with Crippen molar-refractivity contribution in [2.24, 2.45) is 0 Å². The van der Waals surface area contributed by atoms with Crippen molar-refractivity contribution in [1.29, 1.82) is 0 Å². The highest BCUT2D eigenvalue weighted by Gasteiger charge is 2.20. The lowest BCUT2D eigenvalue weighted by Crippen LogP contribution is -2.39. The summed E-state index contributed by atoms with van der Waals surface area (Å²) in [4.78, 5) is 2.39. The van der Waals surface area contributed by atoms with Gasteiger partial charge in [-0.3, -0.25) is 0 Å². The first-order valence-corrected chi connectivity index (χ1v) is 7.54. The summed E-state index contributed by atoms with van der Waals surface area (Å²) in [5.74, 6) is 0.936. The Labute approximate surface area is 123 Å². The fourth-order valence-corrected chi connectivity index (χ4v) is 2.79. The van der Waals surface area contributed by atoms with E-state index in [-0.39, 0.29) is 5.41 Å². The average molecular weight is 276 g/mol. The van der Waals surface area contributed by atoms with Gasteiger partial charge in [0.15, 0.2) is 0 Å². The maximum Gasteiger partial charge on any atom is 0.141 e. The molecule has 0 aliphatic carbocycles. The van der Waals surface area contributed by atoms with Gasteiger partial charge in [-0.2, -0.15) is 0 Å². The van der Waals surface area contributed by atoms with E-state index < -0.39 is 0 Å². The standard InChI is InChI=1S/C17H28N2O/c1-17(2,3)13-8-9-16(20-5)15(11-13)18-14-7-6-10-19(4)12-14/h8-9,11,14,18H,6-7,10,12H2,1-5H3. The van der Waals surface area contributed by atoms with E-state index in [1.54, 1.807) is 7.11 Å². The Morgan fingerprint density at radius 3 is 2.65 bits per heavy atom. The van der Waals surface area contributed by atoms with E-state index in [2.05, 4.69) is 56.2 Å². The van der Waals surface area contributed by atoms with Crippen LogP contribution < -0.4 is 10.1 Å². The van der Waals surface area contributed by atoms with Crippen molar-refractivity contribution < 1.29 is 4.74 Å². The van der Waals surface area contributed by atoms with Gasteiger partial charge >= 0.3 is 0 Å². The molecular formula is C17H28N2O. The number of hydrogen-bond acceptors (Lipinski definition) is 3. The summed E-state index contributed by atoms with van der Waals surface area (Å²) in [5.41, 5.74) is 2.62. The Balaban J connectivity index is 2.20. The molecule has 1 aliphatic rings. The number of nitrogens with zero attached hydrogens (tertiary/aromatic N) is 1. The molecule has 2 rings (SSSR count). The van der Waals surface area contributed by atoms with Crippen molar-refractivity contribution in [3.8, 4) is 5.75 Å². The molecular weight excluding hydrogens is 248 g/mol. The van der Waals surface area contributed by atoms with Crippen LogP contribution in [-0.2, 0) is 5.41 Å². The number of nitrogens with one attached hydrogen (secondary N) is 1. The van der Waals surface area contributed by atoms with Crippen LogP contribution in [0.1, 0.15) is 39.2 Å². The summed E-state index contributed by atoms with van der Waals surface area (Å²) >= 11 is 0. The second-order valence-corrected chi connectivity index (χ2v) is 6.91. The molecule has 0 amide bonds. The Kier molecular flexibility index (Phi) is 4.59. The molecule has 1 fully saturated rings. The Morgan fingerprint density at radius 2 is 2.05 bits per heavy atom. The van der Waals surface area contributed by atoms with E-state index in [9.17, 15) is 0 Å². The van der Waals surface area contributed by atoms with Crippen LogP contribution in [0.5, 0.6) is 5.75 Å². The van der Waals surface area contributed by atoms with Crippen molar-refractivity contribution in [2.45, 2.75) is 45.1 Å². The van der Waals surface area contributed by atoms with Crippen LogP contribution in [0, 0.1) is 0 Å². The summed E-state index contributed by atoms with van der Waals surface area (Å²) in [6.45, 7) is 9.03. The van der Waals surface area contributed by atoms with Crippen molar-refractivity contribution >= 4 is 5.69 Å². The predicted octanol–water partition coefficient (Wildman–Crippen LogP) is 3.50. The van der Waals surface area contributed by atoms with Crippen molar-refractivity contribution in [3.63, 3.8) is 0 Å². The van der Waals surface area contributed by atoms with Crippen LogP contribution in [0.25, 0.3) is 0 Å². The SMILES string of the molecule is COc1ccc(C(C)(C)C)cc1NC1CCCN(C)C1. The largest absolute Gasteiger partial charge is 0.495 e. The summed E-state index contributed by atoms with van der Waals surface area (Å²) in [6, 6.07) is 7.00. The number of piperidine rings is 1. The zero-order valence-corrected chi connectivity index (χ0v) is 13.5. The third-order valence-electron chi connectivity index (χ3n) is 4.05. The average Bonchev–Trinajstić information content (AvgIpc) is 2.37. The molecule has 3 nitrogen and oxygen atoms in total. The summed E-state index contributed by atoms with van der Waals surface area (Å²) in [5, 5.41) is 3.68. The van der Waals surface area contributed by atoms with Gasteiger partial charge in [-0.25, -0.2) is 0 Å². The normalized spacial score (nSPS) is 20.8. The number of likely N-dealkylation sites (N-methyl/N-ethyl adjacent to an activating group) is 1. The molecule has 1 saturated heterocycles. The number of rotatable bonds is 3. The highest BCUT2D eigenvalue weighted by atomic mass is 16.5. The van der Waals surface area contributed by atoms with Crippen LogP contribution in [0.15, 0.2) is 18.2 Å². The van der Waals surface area contributed by atoms with Gasteiger partial charge in [-0.05, 0) is 49.5 Å². The predicted molar refractivity (Wildman–Crippen MR) is 85.8 cm³/mol. The molecule has 0 bridgehead atoms. The number of ether oxygens (including phenoxy) is 1. The topological polar surface area (TPSA) is 24.5 Å². The molecule has 0 radical (unpaired) electrons. The van der Waals surface area contributed by atoms with Crippen molar-refractivity contribution in [1.82, 2.24) is 4.90 Å². The van der Waals surface area contributed by atoms with Crippen molar-refractivity contribution in [2.75, 3.05) is 32.6 Å². The number of methoxy groups -OCH3 is 1. The molecule has 112 valence electrons. The molecule has 1 unspecified atom stereocenters. The molecule has 20 heavy (non-hydrogen) atoms. The van der Waals surface area contributed by atoms with Crippen molar-refractivity contribution in [3.05, 3.63) is 23.8 Å². The maximum absolute atomic E-state index is 5.51. The molecule has 0 saturated carbocycles. The molecule has 1 aromatic carbocycles. The summed E-state index contributed by atoms with van der Waals surface area (Å²) in [6.07, 6.45) is 2.49. The van der Waals surface area contributed by atoms with Gasteiger partial charge in [0.05, 0.1) is 12.8 Å². The number of likely N-dealkylation sites (tertiary alicyclic amines) is 1. The fourth-order valence-electron chi connectivity index (χ4n) is 2.79. The smallest absolute Gasteiger partial charge is 0.141 e. The number of benzene rings is 1. The summed E-state index contributed by atoms with van der Waals surface area (Å²) in [7, 11) is 3.93. The number of anilines is 1. The number of hydrogen-bond donors (Lipinski definition) is 1. The molecule has 3 heteroatoms. The van der Waals surface area contributed by atoms with Gasteiger partial charge in [0.2, 0.25) is 0 Å². The Hall–Kier alpha value is -1.22. The van der Waals surface area contributed by atoms with Gasteiger partial charge < -0.3 is 15.0 Å². The molecule has 1 aliphatic heterocycles. The lowest BCUT2D eigenvalue weighted by atomic mass is 9.86. The molecule has 0 aromatic heterocycles.